The summed E-state index contributed by atoms with van der Waals surface area (Å²) in [5.74, 6) is -2.08. The van der Waals surface area contributed by atoms with Crippen molar-refractivity contribution in [2.75, 3.05) is 13.2 Å². The van der Waals surface area contributed by atoms with E-state index < -0.39 is 30.0 Å². The maximum atomic E-state index is 11.8. The van der Waals surface area contributed by atoms with E-state index in [0.717, 1.165) is 4.90 Å². The first-order valence-corrected chi connectivity index (χ1v) is 5.81. The van der Waals surface area contributed by atoms with Gasteiger partial charge >= 0.3 is 11.9 Å². The molecule has 0 aromatic heterocycles. The first-order valence-electron chi connectivity index (χ1n) is 5.81. The van der Waals surface area contributed by atoms with Gasteiger partial charge in [0.05, 0.1) is 19.1 Å². The highest BCUT2D eigenvalue weighted by Gasteiger charge is 2.38. The third kappa shape index (κ3) is 3.69. The number of β-amino-alcohol motifs (C(OH)–C–C–N with tert-alkyl or cyclic N) is 1. The number of amides is 1. The van der Waals surface area contributed by atoms with Crippen molar-refractivity contribution >= 4 is 17.8 Å². The van der Waals surface area contributed by atoms with Crippen LogP contribution >= 0.6 is 0 Å². The average molecular weight is 259 g/mol. The number of rotatable bonds is 5. The second-order valence-electron chi connectivity index (χ2n) is 4.09. The average Bonchev–Trinajstić information content (AvgIpc) is 2.69. The number of likely N-dealkylation sites (tertiary alicyclic amines) is 1. The molecule has 1 heterocycles. The molecule has 2 N–H and O–H groups in total. The second-order valence-corrected chi connectivity index (χ2v) is 4.09. The normalized spacial score (nSPS) is 22.9. The van der Waals surface area contributed by atoms with Crippen LogP contribution in [0.5, 0.6) is 0 Å². The largest absolute Gasteiger partial charge is 0.480 e. The first-order chi connectivity index (χ1) is 8.45. The lowest BCUT2D eigenvalue weighted by molar-refractivity contribution is -0.149. The molecule has 1 aliphatic rings. The SMILES string of the molecule is CCOC(=O)CCC(=O)N1C[C@H](O)C[C@H]1C(=O)O. The standard InChI is InChI=1S/C11H17NO6/c1-2-18-10(15)4-3-9(14)12-6-7(13)5-8(12)11(16)17/h7-8,13H,2-6H2,1H3,(H,16,17)/t7-,8+/m1/s1. The summed E-state index contributed by atoms with van der Waals surface area (Å²) >= 11 is 0. The number of hydrogen-bond donors (Lipinski definition) is 2. The second kappa shape index (κ2) is 6.34. The highest BCUT2D eigenvalue weighted by Crippen LogP contribution is 2.19. The van der Waals surface area contributed by atoms with Gasteiger partial charge in [-0.3, -0.25) is 9.59 Å². The van der Waals surface area contributed by atoms with E-state index in [1.807, 2.05) is 0 Å². The molecule has 0 aromatic rings. The highest BCUT2D eigenvalue weighted by molar-refractivity contribution is 5.86. The van der Waals surface area contributed by atoms with Crippen LogP contribution in [0.1, 0.15) is 26.2 Å². The maximum Gasteiger partial charge on any atom is 0.326 e. The van der Waals surface area contributed by atoms with Gasteiger partial charge in [-0.15, -0.1) is 0 Å². The van der Waals surface area contributed by atoms with Crippen molar-refractivity contribution in [3.63, 3.8) is 0 Å². The maximum absolute atomic E-state index is 11.8. The molecule has 102 valence electrons. The number of esters is 1. The number of aliphatic hydroxyl groups excluding tert-OH is 1. The summed E-state index contributed by atoms with van der Waals surface area (Å²) in [7, 11) is 0. The molecule has 0 aromatic carbocycles. The van der Waals surface area contributed by atoms with Crippen molar-refractivity contribution in [2.45, 2.75) is 38.3 Å². The Morgan fingerprint density at radius 2 is 2.00 bits per heavy atom. The third-order valence-corrected chi connectivity index (χ3v) is 2.73. The monoisotopic (exact) mass is 259 g/mol. The number of carboxylic acids is 1. The van der Waals surface area contributed by atoms with Crippen LogP contribution in [0, 0.1) is 0 Å². The minimum atomic E-state index is -1.14. The van der Waals surface area contributed by atoms with E-state index in [4.69, 9.17) is 5.11 Å². The Balaban J connectivity index is 2.50. The fraction of sp³-hybridized carbons (Fsp3) is 0.727. The molecule has 0 radical (unpaired) electrons. The molecule has 7 heteroatoms. The number of carbonyl (C=O) groups excluding carboxylic acids is 2. The summed E-state index contributed by atoms with van der Waals surface area (Å²) in [6.45, 7) is 1.91. The molecule has 0 unspecified atom stereocenters. The lowest BCUT2D eigenvalue weighted by atomic mass is 10.2. The first kappa shape index (κ1) is 14.4. The van der Waals surface area contributed by atoms with E-state index in [1.165, 1.54) is 0 Å². The zero-order valence-corrected chi connectivity index (χ0v) is 10.2. The Bertz CT molecular complexity index is 342. The molecule has 1 amide bonds. The Morgan fingerprint density at radius 1 is 1.33 bits per heavy atom. The molecule has 0 saturated carbocycles. The molecule has 1 saturated heterocycles. The fourth-order valence-corrected chi connectivity index (χ4v) is 1.91. The number of carbonyl (C=O) groups is 3. The predicted octanol–water partition coefficient (Wildman–Crippen LogP) is -0.624. The van der Waals surface area contributed by atoms with Crippen molar-refractivity contribution < 1.29 is 29.3 Å². The van der Waals surface area contributed by atoms with E-state index in [0.29, 0.717) is 0 Å². The van der Waals surface area contributed by atoms with Crippen molar-refractivity contribution in [3.8, 4) is 0 Å². The summed E-state index contributed by atoms with van der Waals surface area (Å²) in [5, 5.41) is 18.3. The minimum absolute atomic E-state index is 0.00136. The van der Waals surface area contributed by atoms with Gasteiger partial charge in [0.25, 0.3) is 0 Å². The Labute approximate surface area is 104 Å². The molecule has 1 fully saturated rings. The van der Waals surface area contributed by atoms with E-state index in [9.17, 15) is 19.5 Å². The molecule has 0 spiro atoms. The number of nitrogens with zero attached hydrogens (tertiary/aromatic N) is 1. The number of hydrogen-bond acceptors (Lipinski definition) is 5. The van der Waals surface area contributed by atoms with Crippen molar-refractivity contribution in [1.29, 1.82) is 0 Å². The van der Waals surface area contributed by atoms with Crippen LogP contribution in [-0.2, 0) is 19.1 Å². The van der Waals surface area contributed by atoms with Gasteiger partial charge in [0.15, 0.2) is 0 Å². The number of carboxylic acid groups (broad SMARTS) is 1. The summed E-state index contributed by atoms with van der Waals surface area (Å²) in [6.07, 6.45) is -0.973. The van der Waals surface area contributed by atoms with Crippen LogP contribution in [0.15, 0.2) is 0 Å². The van der Waals surface area contributed by atoms with Gasteiger partial charge in [0, 0.05) is 19.4 Å². The van der Waals surface area contributed by atoms with Crippen LogP contribution in [0.25, 0.3) is 0 Å². The summed E-state index contributed by atoms with van der Waals surface area (Å²) in [5.41, 5.74) is 0. The van der Waals surface area contributed by atoms with E-state index in [2.05, 4.69) is 4.74 Å². The van der Waals surface area contributed by atoms with Crippen LogP contribution in [-0.4, -0.2) is 58.3 Å². The van der Waals surface area contributed by atoms with Gasteiger partial charge in [-0.05, 0) is 6.92 Å². The number of aliphatic carboxylic acids is 1. The molecular weight excluding hydrogens is 242 g/mol. The fourth-order valence-electron chi connectivity index (χ4n) is 1.91. The molecule has 7 nitrogen and oxygen atoms in total. The zero-order chi connectivity index (χ0) is 13.7. The van der Waals surface area contributed by atoms with Gasteiger partial charge < -0.3 is 19.8 Å². The van der Waals surface area contributed by atoms with Crippen molar-refractivity contribution in [2.24, 2.45) is 0 Å². The molecule has 2 atom stereocenters. The quantitative estimate of drug-likeness (QED) is 0.637. The van der Waals surface area contributed by atoms with E-state index in [-0.39, 0.29) is 32.4 Å². The van der Waals surface area contributed by atoms with E-state index in [1.54, 1.807) is 6.92 Å². The number of ether oxygens (including phenoxy) is 1. The van der Waals surface area contributed by atoms with Gasteiger partial charge in [-0.2, -0.15) is 0 Å². The molecule has 1 aliphatic heterocycles. The molecule has 18 heavy (non-hydrogen) atoms. The lowest BCUT2D eigenvalue weighted by Gasteiger charge is -2.20. The summed E-state index contributed by atoms with van der Waals surface area (Å²) in [6, 6.07) is -1.00. The van der Waals surface area contributed by atoms with Crippen molar-refractivity contribution in [3.05, 3.63) is 0 Å². The van der Waals surface area contributed by atoms with Crippen LogP contribution in [0.4, 0.5) is 0 Å². The molecule has 1 rings (SSSR count). The van der Waals surface area contributed by atoms with Gasteiger partial charge in [-0.1, -0.05) is 0 Å². The van der Waals surface area contributed by atoms with Crippen LogP contribution in [0.3, 0.4) is 0 Å². The lowest BCUT2D eigenvalue weighted by Crippen LogP contribution is -2.40. The highest BCUT2D eigenvalue weighted by atomic mass is 16.5. The molecular formula is C11H17NO6. The topological polar surface area (TPSA) is 104 Å². The summed E-state index contributed by atoms with van der Waals surface area (Å²) < 4.78 is 4.67. The smallest absolute Gasteiger partial charge is 0.326 e. The zero-order valence-electron chi connectivity index (χ0n) is 10.2. The minimum Gasteiger partial charge on any atom is -0.480 e. The number of aliphatic hydroxyl groups is 1. The van der Waals surface area contributed by atoms with Crippen LogP contribution in [0.2, 0.25) is 0 Å². The summed E-state index contributed by atoms with van der Waals surface area (Å²) in [4.78, 5) is 34.9. The van der Waals surface area contributed by atoms with Gasteiger partial charge in [0.1, 0.15) is 6.04 Å². The van der Waals surface area contributed by atoms with E-state index >= 15 is 0 Å². The molecule has 0 bridgehead atoms. The molecule has 0 aliphatic carbocycles. The Hall–Kier alpha value is -1.63. The Kier molecular flexibility index (Phi) is 5.08. The van der Waals surface area contributed by atoms with Crippen molar-refractivity contribution in [1.82, 2.24) is 4.90 Å². The predicted molar refractivity (Wildman–Crippen MR) is 59.6 cm³/mol. The van der Waals surface area contributed by atoms with Crippen LogP contribution < -0.4 is 0 Å². The Morgan fingerprint density at radius 3 is 2.56 bits per heavy atom. The third-order valence-electron chi connectivity index (χ3n) is 2.73. The van der Waals surface area contributed by atoms with Gasteiger partial charge in [0.2, 0.25) is 5.91 Å². The van der Waals surface area contributed by atoms with Gasteiger partial charge in [-0.25, -0.2) is 4.79 Å².